The summed E-state index contributed by atoms with van der Waals surface area (Å²) < 4.78 is 19.6. The highest BCUT2D eigenvalue weighted by atomic mass is 19.1. The number of halogens is 1. The van der Waals surface area contributed by atoms with Gasteiger partial charge in [-0.2, -0.15) is 0 Å². The number of nitrogens with zero attached hydrogens (tertiary/aromatic N) is 4. The van der Waals surface area contributed by atoms with Gasteiger partial charge in [-0.15, -0.1) is 10.2 Å². The van der Waals surface area contributed by atoms with Crippen LogP contribution in [-0.2, 0) is 24.5 Å². The van der Waals surface area contributed by atoms with Gasteiger partial charge in [0.05, 0.1) is 6.54 Å². The Labute approximate surface area is 105 Å². The standard InChI is InChI=1S/C11H17FN4O2/c1-11(2,3)18-10(17)15-4-5-16-8(6-12)13-14-9(16)7-15/h4-7H2,1-3H3. The van der Waals surface area contributed by atoms with Crippen LogP contribution in [0.25, 0.3) is 0 Å². The molecule has 2 heterocycles. The summed E-state index contributed by atoms with van der Waals surface area (Å²) in [5.41, 5.74) is -0.522. The fraction of sp³-hybridized carbons (Fsp3) is 0.727. The van der Waals surface area contributed by atoms with Crippen LogP contribution in [0.15, 0.2) is 0 Å². The number of rotatable bonds is 1. The number of fused-ring (bicyclic) bond motifs is 1. The molecule has 1 aromatic heterocycles. The molecule has 0 saturated carbocycles. The van der Waals surface area contributed by atoms with E-state index < -0.39 is 12.3 Å². The molecule has 1 aliphatic heterocycles. The highest BCUT2D eigenvalue weighted by molar-refractivity contribution is 5.68. The Morgan fingerprint density at radius 2 is 2.11 bits per heavy atom. The summed E-state index contributed by atoms with van der Waals surface area (Å²) in [6, 6.07) is 0. The van der Waals surface area contributed by atoms with E-state index >= 15 is 0 Å². The van der Waals surface area contributed by atoms with E-state index in [1.54, 1.807) is 9.47 Å². The normalized spacial score (nSPS) is 15.4. The lowest BCUT2D eigenvalue weighted by Gasteiger charge is -2.30. The van der Waals surface area contributed by atoms with E-state index in [1.807, 2.05) is 20.8 Å². The Morgan fingerprint density at radius 1 is 1.39 bits per heavy atom. The number of hydrogen-bond acceptors (Lipinski definition) is 4. The fourth-order valence-corrected chi connectivity index (χ4v) is 1.80. The van der Waals surface area contributed by atoms with Gasteiger partial charge in [0.1, 0.15) is 12.3 Å². The number of hydrogen-bond donors (Lipinski definition) is 0. The number of aromatic nitrogens is 3. The van der Waals surface area contributed by atoms with Crippen LogP contribution in [0.1, 0.15) is 32.4 Å². The average molecular weight is 256 g/mol. The molecule has 0 unspecified atom stereocenters. The minimum absolute atomic E-state index is 0.307. The Kier molecular flexibility index (Phi) is 3.23. The first-order chi connectivity index (χ1) is 8.40. The lowest BCUT2D eigenvalue weighted by molar-refractivity contribution is 0.0194. The van der Waals surface area contributed by atoms with Gasteiger partial charge in [0.15, 0.2) is 11.6 Å². The van der Waals surface area contributed by atoms with Crippen molar-refractivity contribution in [3.63, 3.8) is 0 Å². The van der Waals surface area contributed by atoms with Gasteiger partial charge >= 0.3 is 6.09 Å². The molecule has 0 N–H and O–H groups in total. The second-order valence-corrected chi connectivity index (χ2v) is 5.22. The molecule has 7 heteroatoms. The third-order valence-electron chi connectivity index (χ3n) is 2.60. The molecule has 0 atom stereocenters. The van der Waals surface area contributed by atoms with E-state index in [2.05, 4.69) is 10.2 Å². The van der Waals surface area contributed by atoms with Gasteiger partial charge in [-0.3, -0.25) is 4.90 Å². The molecule has 1 aromatic rings. The first-order valence-corrected chi connectivity index (χ1v) is 5.85. The zero-order chi connectivity index (χ0) is 13.3. The van der Waals surface area contributed by atoms with Crippen molar-refractivity contribution in [3.05, 3.63) is 11.6 Å². The molecule has 0 aliphatic carbocycles. The van der Waals surface area contributed by atoms with Crippen LogP contribution < -0.4 is 0 Å². The van der Waals surface area contributed by atoms with Crippen LogP contribution in [-0.4, -0.2) is 37.9 Å². The summed E-state index contributed by atoms with van der Waals surface area (Å²) in [7, 11) is 0. The molecule has 18 heavy (non-hydrogen) atoms. The number of ether oxygens (including phenoxy) is 1. The number of amides is 1. The quantitative estimate of drug-likeness (QED) is 0.764. The Morgan fingerprint density at radius 3 is 2.72 bits per heavy atom. The van der Waals surface area contributed by atoms with Crippen molar-refractivity contribution in [3.8, 4) is 0 Å². The smallest absolute Gasteiger partial charge is 0.410 e. The van der Waals surface area contributed by atoms with Crippen LogP contribution in [0.3, 0.4) is 0 Å². The summed E-state index contributed by atoms with van der Waals surface area (Å²) in [5, 5.41) is 7.62. The maximum atomic E-state index is 12.6. The van der Waals surface area contributed by atoms with E-state index in [0.29, 0.717) is 31.3 Å². The van der Waals surface area contributed by atoms with Gasteiger partial charge in [0, 0.05) is 13.1 Å². The van der Waals surface area contributed by atoms with Gasteiger partial charge in [-0.25, -0.2) is 9.18 Å². The summed E-state index contributed by atoms with van der Waals surface area (Å²) in [6.45, 7) is 6.10. The number of carbonyl (C=O) groups is 1. The van der Waals surface area contributed by atoms with Crippen molar-refractivity contribution in [2.75, 3.05) is 6.54 Å². The van der Waals surface area contributed by atoms with E-state index in [-0.39, 0.29) is 6.09 Å². The minimum atomic E-state index is -0.639. The monoisotopic (exact) mass is 256 g/mol. The predicted octanol–water partition coefficient (Wildman–Crippen LogP) is 1.50. The lowest BCUT2D eigenvalue weighted by atomic mass is 10.2. The molecule has 6 nitrogen and oxygen atoms in total. The Bertz CT molecular complexity index is 452. The largest absolute Gasteiger partial charge is 0.444 e. The number of alkyl halides is 1. The summed E-state index contributed by atoms with van der Waals surface area (Å²) in [4.78, 5) is 13.4. The third kappa shape index (κ3) is 2.60. The van der Waals surface area contributed by atoms with Crippen LogP contribution in [0, 0.1) is 0 Å². The van der Waals surface area contributed by atoms with Crippen molar-refractivity contribution in [2.45, 2.75) is 46.1 Å². The molecule has 1 amide bonds. The van der Waals surface area contributed by atoms with Crippen molar-refractivity contribution in [1.29, 1.82) is 0 Å². The van der Waals surface area contributed by atoms with Gasteiger partial charge in [-0.05, 0) is 20.8 Å². The zero-order valence-corrected chi connectivity index (χ0v) is 10.8. The molecule has 0 spiro atoms. The van der Waals surface area contributed by atoms with Crippen molar-refractivity contribution >= 4 is 6.09 Å². The first kappa shape index (κ1) is 12.8. The van der Waals surface area contributed by atoms with Crippen LogP contribution >= 0.6 is 0 Å². The van der Waals surface area contributed by atoms with Gasteiger partial charge in [-0.1, -0.05) is 0 Å². The van der Waals surface area contributed by atoms with E-state index in [4.69, 9.17) is 4.74 Å². The number of carbonyl (C=O) groups excluding carboxylic acids is 1. The Hall–Kier alpha value is -1.66. The van der Waals surface area contributed by atoms with E-state index in [1.165, 1.54) is 0 Å². The topological polar surface area (TPSA) is 60.2 Å². The predicted molar refractivity (Wildman–Crippen MR) is 61.5 cm³/mol. The molecule has 0 saturated heterocycles. The lowest BCUT2D eigenvalue weighted by Crippen LogP contribution is -2.41. The molecule has 0 fully saturated rings. The molecular formula is C11H17FN4O2. The Balaban J connectivity index is 2.06. The van der Waals surface area contributed by atoms with Crippen molar-refractivity contribution in [2.24, 2.45) is 0 Å². The van der Waals surface area contributed by atoms with Gasteiger partial charge in [0.25, 0.3) is 0 Å². The molecule has 0 radical (unpaired) electrons. The van der Waals surface area contributed by atoms with Crippen molar-refractivity contribution in [1.82, 2.24) is 19.7 Å². The molecule has 1 aliphatic rings. The zero-order valence-electron chi connectivity index (χ0n) is 10.8. The average Bonchev–Trinajstić information content (AvgIpc) is 2.68. The molecule has 2 rings (SSSR count). The fourth-order valence-electron chi connectivity index (χ4n) is 1.80. The van der Waals surface area contributed by atoms with Gasteiger partial charge < -0.3 is 9.30 Å². The second kappa shape index (κ2) is 4.55. The van der Waals surface area contributed by atoms with Crippen LogP contribution in [0.2, 0.25) is 0 Å². The third-order valence-corrected chi connectivity index (χ3v) is 2.60. The van der Waals surface area contributed by atoms with Crippen molar-refractivity contribution < 1.29 is 13.9 Å². The molecular weight excluding hydrogens is 239 g/mol. The van der Waals surface area contributed by atoms with Gasteiger partial charge in [0.2, 0.25) is 0 Å². The highest BCUT2D eigenvalue weighted by Gasteiger charge is 2.27. The highest BCUT2D eigenvalue weighted by Crippen LogP contribution is 2.16. The second-order valence-electron chi connectivity index (χ2n) is 5.22. The minimum Gasteiger partial charge on any atom is -0.444 e. The van der Waals surface area contributed by atoms with E-state index in [0.717, 1.165) is 0 Å². The van der Waals surface area contributed by atoms with Crippen LogP contribution in [0.5, 0.6) is 0 Å². The SMILES string of the molecule is CC(C)(C)OC(=O)N1CCn2c(CF)nnc2C1. The summed E-state index contributed by atoms with van der Waals surface area (Å²) in [6.07, 6.45) is -0.376. The maximum absolute atomic E-state index is 12.6. The molecule has 0 bridgehead atoms. The molecule has 0 aromatic carbocycles. The summed E-state index contributed by atoms with van der Waals surface area (Å²) in [5.74, 6) is 0.911. The first-order valence-electron chi connectivity index (χ1n) is 5.85. The maximum Gasteiger partial charge on any atom is 0.410 e. The van der Waals surface area contributed by atoms with Crippen LogP contribution in [0.4, 0.5) is 9.18 Å². The molecule has 100 valence electrons. The van der Waals surface area contributed by atoms with E-state index in [9.17, 15) is 9.18 Å². The summed E-state index contributed by atoms with van der Waals surface area (Å²) >= 11 is 0.